The summed E-state index contributed by atoms with van der Waals surface area (Å²) >= 11 is 0. The Labute approximate surface area is 125 Å². The standard InChI is InChI=1S/C16H24N4O/c1-3-6-16-18-15(19-21-16)11-20-9-12-7-4-5-8-14(17-2)13(12)10-20/h9-10,14,17H,3-8,11H2,1-2H3. The molecule has 5 nitrogen and oxygen atoms in total. The van der Waals surface area contributed by atoms with Crippen LogP contribution in [0.15, 0.2) is 16.9 Å². The normalized spacial score (nSPS) is 18.5. The fourth-order valence-corrected chi connectivity index (χ4v) is 3.14. The molecule has 1 aliphatic rings. The van der Waals surface area contributed by atoms with Crippen molar-refractivity contribution in [1.82, 2.24) is 20.0 Å². The van der Waals surface area contributed by atoms with Crippen molar-refractivity contribution < 1.29 is 4.52 Å². The maximum absolute atomic E-state index is 5.25. The minimum Gasteiger partial charge on any atom is -0.346 e. The van der Waals surface area contributed by atoms with Crippen LogP contribution in [0.5, 0.6) is 0 Å². The fraction of sp³-hybridized carbons (Fsp3) is 0.625. The third-order valence-corrected chi connectivity index (χ3v) is 4.21. The lowest BCUT2D eigenvalue weighted by atomic mass is 10.1. The minimum absolute atomic E-state index is 0.477. The molecule has 2 heterocycles. The second-order valence-corrected chi connectivity index (χ2v) is 5.85. The number of aryl methyl sites for hydroxylation is 2. The highest BCUT2D eigenvalue weighted by atomic mass is 16.5. The summed E-state index contributed by atoms with van der Waals surface area (Å²) in [5.74, 6) is 1.51. The van der Waals surface area contributed by atoms with E-state index in [2.05, 4.69) is 39.3 Å². The molecule has 0 fully saturated rings. The molecule has 114 valence electrons. The van der Waals surface area contributed by atoms with Gasteiger partial charge in [0.2, 0.25) is 5.89 Å². The first kappa shape index (κ1) is 14.3. The van der Waals surface area contributed by atoms with E-state index < -0.39 is 0 Å². The molecule has 0 amide bonds. The van der Waals surface area contributed by atoms with Crippen molar-refractivity contribution in [2.45, 2.75) is 58.0 Å². The Morgan fingerprint density at radius 3 is 3.10 bits per heavy atom. The Balaban J connectivity index is 1.77. The molecular formula is C16H24N4O. The fourth-order valence-electron chi connectivity index (χ4n) is 3.14. The Hall–Kier alpha value is -1.62. The number of hydrogen-bond acceptors (Lipinski definition) is 4. The summed E-state index contributed by atoms with van der Waals surface area (Å²) in [6.07, 6.45) is 11.4. The van der Waals surface area contributed by atoms with Gasteiger partial charge in [0.15, 0.2) is 5.82 Å². The number of nitrogens with one attached hydrogen (secondary N) is 1. The van der Waals surface area contributed by atoms with Gasteiger partial charge >= 0.3 is 0 Å². The van der Waals surface area contributed by atoms with Gasteiger partial charge in [0.25, 0.3) is 0 Å². The van der Waals surface area contributed by atoms with Crippen LogP contribution < -0.4 is 5.32 Å². The number of rotatable bonds is 5. The Kier molecular flexibility index (Phi) is 4.39. The monoisotopic (exact) mass is 288 g/mol. The smallest absolute Gasteiger partial charge is 0.226 e. The minimum atomic E-state index is 0.477. The highest BCUT2D eigenvalue weighted by Crippen LogP contribution is 2.29. The van der Waals surface area contributed by atoms with Gasteiger partial charge in [-0.1, -0.05) is 18.5 Å². The van der Waals surface area contributed by atoms with E-state index in [9.17, 15) is 0 Å². The molecular weight excluding hydrogens is 264 g/mol. The molecule has 1 atom stereocenters. The van der Waals surface area contributed by atoms with Gasteiger partial charge in [-0.2, -0.15) is 4.98 Å². The van der Waals surface area contributed by atoms with Gasteiger partial charge in [0, 0.05) is 24.9 Å². The molecule has 0 bridgehead atoms. The zero-order chi connectivity index (χ0) is 14.7. The third-order valence-electron chi connectivity index (χ3n) is 4.21. The summed E-state index contributed by atoms with van der Waals surface area (Å²) in [5.41, 5.74) is 2.90. The second-order valence-electron chi connectivity index (χ2n) is 5.85. The summed E-state index contributed by atoms with van der Waals surface area (Å²) in [6.45, 7) is 2.81. The van der Waals surface area contributed by atoms with Crippen LogP contribution in [0.3, 0.4) is 0 Å². The second kappa shape index (κ2) is 6.43. The van der Waals surface area contributed by atoms with Crippen LogP contribution in [0, 0.1) is 0 Å². The van der Waals surface area contributed by atoms with Crippen LogP contribution in [0.2, 0.25) is 0 Å². The van der Waals surface area contributed by atoms with E-state index in [-0.39, 0.29) is 0 Å². The van der Waals surface area contributed by atoms with Gasteiger partial charge in [0.05, 0.1) is 6.54 Å². The SMILES string of the molecule is CCCc1nc(Cn2cc3c(c2)C(NC)CCCC3)no1. The van der Waals surface area contributed by atoms with Crippen LogP contribution >= 0.6 is 0 Å². The van der Waals surface area contributed by atoms with E-state index in [0.717, 1.165) is 24.6 Å². The van der Waals surface area contributed by atoms with Gasteiger partial charge in [-0.15, -0.1) is 0 Å². The largest absolute Gasteiger partial charge is 0.346 e. The predicted molar refractivity (Wildman–Crippen MR) is 81.2 cm³/mol. The maximum atomic E-state index is 5.25. The zero-order valence-electron chi connectivity index (χ0n) is 12.9. The molecule has 3 rings (SSSR count). The van der Waals surface area contributed by atoms with E-state index >= 15 is 0 Å². The highest BCUT2D eigenvalue weighted by Gasteiger charge is 2.19. The molecule has 0 aromatic carbocycles. The van der Waals surface area contributed by atoms with Crippen LogP contribution in [-0.2, 0) is 19.4 Å². The van der Waals surface area contributed by atoms with Crippen molar-refractivity contribution in [2.24, 2.45) is 0 Å². The van der Waals surface area contributed by atoms with Gasteiger partial charge < -0.3 is 14.4 Å². The lowest BCUT2D eigenvalue weighted by Gasteiger charge is -2.13. The molecule has 1 N–H and O–H groups in total. The molecule has 21 heavy (non-hydrogen) atoms. The van der Waals surface area contributed by atoms with E-state index in [1.165, 1.54) is 36.8 Å². The molecule has 5 heteroatoms. The van der Waals surface area contributed by atoms with E-state index in [4.69, 9.17) is 4.52 Å². The lowest BCUT2D eigenvalue weighted by Crippen LogP contribution is -2.15. The van der Waals surface area contributed by atoms with Gasteiger partial charge in [-0.25, -0.2) is 0 Å². The summed E-state index contributed by atoms with van der Waals surface area (Å²) in [4.78, 5) is 4.44. The van der Waals surface area contributed by atoms with Gasteiger partial charge in [0.1, 0.15) is 0 Å². The first-order valence-corrected chi connectivity index (χ1v) is 7.97. The third kappa shape index (κ3) is 3.18. The van der Waals surface area contributed by atoms with Crippen molar-refractivity contribution >= 4 is 0 Å². The summed E-state index contributed by atoms with van der Waals surface area (Å²) in [7, 11) is 2.05. The van der Waals surface area contributed by atoms with Gasteiger partial charge in [-0.3, -0.25) is 0 Å². The first-order chi connectivity index (χ1) is 10.3. The van der Waals surface area contributed by atoms with Crippen LogP contribution in [0.4, 0.5) is 0 Å². The lowest BCUT2D eigenvalue weighted by molar-refractivity contribution is 0.371. The molecule has 2 aromatic heterocycles. The molecule has 0 spiro atoms. The summed E-state index contributed by atoms with van der Waals surface area (Å²) in [5, 5.41) is 7.51. The maximum Gasteiger partial charge on any atom is 0.226 e. The summed E-state index contributed by atoms with van der Waals surface area (Å²) in [6, 6.07) is 0.477. The number of aromatic nitrogens is 3. The van der Waals surface area contributed by atoms with Crippen molar-refractivity contribution in [3.8, 4) is 0 Å². The van der Waals surface area contributed by atoms with Crippen LogP contribution in [0.1, 0.15) is 61.5 Å². The van der Waals surface area contributed by atoms with Gasteiger partial charge in [-0.05, 0) is 43.9 Å². The molecule has 0 aliphatic heterocycles. The highest BCUT2D eigenvalue weighted by molar-refractivity contribution is 5.29. The van der Waals surface area contributed by atoms with E-state index in [0.29, 0.717) is 12.6 Å². The number of fused-ring (bicyclic) bond motifs is 1. The topological polar surface area (TPSA) is 55.9 Å². The number of hydrogen-bond donors (Lipinski definition) is 1. The van der Waals surface area contributed by atoms with E-state index in [1.807, 2.05) is 7.05 Å². The average molecular weight is 288 g/mol. The Bertz CT molecular complexity index is 587. The van der Waals surface area contributed by atoms with E-state index in [1.54, 1.807) is 0 Å². The molecule has 0 saturated heterocycles. The molecule has 1 unspecified atom stereocenters. The summed E-state index contributed by atoms with van der Waals surface area (Å²) < 4.78 is 7.45. The molecule has 2 aromatic rings. The average Bonchev–Trinajstić information content (AvgIpc) is 3.03. The quantitative estimate of drug-likeness (QED) is 0.860. The van der Waals surface area contributed by atoms with Crippen molar-refractivity contribution in [1.29, 1.82) is 0 Å². The number of nitrogens with zero attached hydrogens (tertiary/aromatic N) is 3. The molecule has 1 aliphatic carbocycles. The first-order valence-electron chi connectivity index (χ1n) is 7.97. The Morgan fingerprint density at radius 2 is 2.29 bits per heavy atom. The van der Waals surface area contributed by atoms with Crippen LogP contribution in [-0.4, -0.2) is 21.8 Å². The molecule has 0 saturated carbocycles. The van der Waals surface area contributed by atoms with Crippen molar-refractivity contribution in [2.75, 3.05) is 7.05 Å². The van der Waals surface area contributed by atoms with Crippen molar-refractivity contribution in [3.05, 3.63) is 35.2 Å². The zero-order valence-corrected chi connectivity index (χ0v) is 12.9. The predicted octanol–water partition coefficient (Wildman–Crippen LogP) is 2.86. The van der Waals surface area contributed by atoms with Crippen molar-refractivity contribution in [3.63, 3.8) is 0 Å². The molecule has 0 radical (unpaired) electrons. The van der Waals surface area contributed by atoms with Crippen LogP contribution in [0.25, 0.3) is 0 Å². The Morgan fingerprint density at radius 1 is 1.38 bits per heavy atom.